The van der Waals surface area contributed by atoms with E-state index >= 15 is 0 Å². The number of methoxy groups -OCH3 is 1. The summed E-state index contributed by atoms with van der Waals surface area (Å²) < 4.78 is 23.6. The summed E-state index contributed by atoms with van der Waals surface area (Å²) in [5.41, 5.74) is 0.417. The molecule has 1 heterocycles. The Kier molecular flexibility index (Phi) is 4.40. The van der Waals surface area contributed by atoms with E-state index in [1.165, 1.54) is 19.2 Å². The molecule has 1 aliphatic rings. The maximum absolute atomic E-state index is 13.0. The van der Waals surface area contributed by atoms with Crippen molar-refractivity contribution in [3.63, 3.8) is 0 Å². The minimum absolute atomic E-state index is 0.315. The topological polar surface area (TPSA) is 38.8 Å². The number of halogens is 1. The maximum Gasteiger partial charge on any atom is 0.327 e. The van der Waals surface area contributed by atoms with E-state index in [2.05, 4.69) is 0 Å². The molecule has 0 radical (unpaired) electrons. The zero-order valence-corrected chi connectivity index (χ0v) is 12.1. The number of nitrogens with zero attached hydrogens (tertiary/aromatic N) is 1. The summed E-state index contributed by atoms with van der Waals surface area (Å²) in [4.78, 5) is 14.1. The standard InChI is InChI=1S/C15H20FNO3/c1-15(2)10-17(8-9-20-15)13(14(18)19-3)11-4-6-12(16)7-5-11/h4-7,13H,8-10H2,1-3H3. The number of carbonyl (C=O) groups excluding carboxylic acids is 1. The first-order valence-corrected chi connectivity index (χ1v) is 6.64. The Hall–Kier alpha value is -1.46. The first-order valence-electron chi connectivity index (χ1n) is 6.64. The molecule has 1 unspecified atom stereocenters. The molecule has 1 saturated heterocycles. The molecular weight excluding hydrogens is 261 g/mol. The second-order valence-corrected chi connectivity index (χ2v) is 5.56. The van der Waals surface area contributed by atoms with E-state index in [0.717, 1.165) is 5.56 Å². The second-order valence-electron chi connectivity index (χ2n) is 5.56. The van der Waals surface area contributed by atoms with Crippen LogP contribution in [0.25, 0.3) is 0 Å². The number of esters is 1. The molecule has 4 nitrogen and oxygen atoms in total. The van der Waals surface area contributed by atoms with Gasteiger partial charge >= 0.3 is 5.97 Å². The van der Waals surface area contributed by atoms with Gasteiger partial charge in [0.2, 0.25) is 0 Å². The number of ether oxygens (including phenoxy) is 2. The summed E-state index contributed by atoms with van der Waals surface area (Å²) in [7, 11) is 1.37. The summed E-state index contributed by atoms with van der Waals surface area (Å²) in [5, 5.41) is 0. The fourth-order valence-corrected chi connectivity index (χ4v) is 2.53. The van der Waals surface area contributed by atoms with Gasteiger partial charge in [-0.3, -0.25) is 4.90 Å². The molecule has 1 atom stereocenters. The highest BCUT2D eigenvalue weighted by atomic mass is 19.1. The third-order valence-electron chi connectivity index (χ3n) is 3.43. The summed E-state index contributed by atoms with van der Waals surface area (Å²) in [5.74, 6) is -0.658. The third-order valence-corrected chi connectivity index (χ3v) is 3.43. The van der Waals surface area contributed by atoms with Gasteiger partial charge in [0.05, 0.1) is 19.3 Å². The lowest BCUT2D eigenvalue weighted by atomic mass is 10.0. The number of carbonyl (C=O) groups is 1. The van der Waals surface area contributed by atoms with Gasteiger partial charge < -0.3 is 9.47 Å². The molecule has 0 N–H and O–H groups in total. The quantitative estimate of drug-likeness (QED) is 0.796. The molecule has 0 bridgehead atoms. The van der Waals surface area contributed by atoms with E-state index < -0.39 is 6.04 Å². The molecule has 1 aromatic rings. The zero-order chi connectivity index (χ0) is 14.8. The SMILES string of the molecule is COC(=O)C(c1ccc(F)cc1)N1CCOC(C)(C)C1. The highest BCUT2D eigenvalue weighted by Gasteiger charge is 2.36. The monoisotopic (exact) mass is 281 g/mol. The molecule has 0 amide bonds. The Bertz CT molecular complexity index is 473. The van der Waals surface area contributed by atoms with Crippen molar-refractivity contribution in [1.82, 2.24) is 4.90 Å². The predicted molar refractivity (Wildman–Crippen MR) is 72.8 cm³/mol. The molecule has 0 aliphatic carbocycles. The van der Waals surface area contributed by atoms with Gasteiger partial charge in [0.25, 0.3) is 0 Å². The van der Waals surface area contributed by atoms with Crippen molar-refractivity contribution in [2.45, 2.75) is 25.5 Å². The first-order chi connectivity index (χ1) is 9.43. The van der Waals surface area contributed by atoms with Gasteiger partial charge in [-0.2, -0.15) is 0 Å². The largest absolute Gasteiger partial charge is 0.468 e. The van der Waals surface area contributed by atoms with Crippen molar-refractivity contribution < 1.29 is 18.7 Å². The van der Waals surface area contributed by atoms with Crippen LogP contribution in [0.4, 0.5) is 4.39 Å². The molecule has 20 heavy (non-hydrogen) atoms. The van der Waals surface area contributed by atoms with Crippen LogP contribution in [0.3, 0.4) is 0 Å². The molecule has 0 aromatic heterocycles. The third kappa shape index (κ3) is 3.35. The lowest BCUT2D eigenvalue weighted by Gasteiger charge is -2.41. The number of morpholine rings is 1. The van der Waals surface area contributed by atoms with Crippen LogP contribution < -0.4 is 0 Å². The van der Waals surface area contributed by atoms with E-state index in [0.29, 0.717) is 19.7 Å². The van der Waals surface area contributed by atoms with Gasteiger partial charge in [-0.15, -0.1) is 0 Å². The summed E-state index contributed by atoms with van der Waals surface area (Å²) in [6, 6.07) is 5.44. The number of hydrogen-bond acceptors (Lipinski definition) is 4. The molecule has 2 rings (SSSR count). The Balaban J connectivity index is 2.28. The van der Waals surface area contributed by atoms with Crippen molar-refractivity contribution >= 4 is 5.97 Å². The van der Waals surface area contributed by atoms with E-state index in [1.54, 1.807) is 12.1 Å². The lowest BCUT2D eigenvalue weighted by Crippen LogP contribution is -2.51. The van der Waals surface area contributed by atoms with Gasteiger partial charge in [0.15, 0.2) is 0 Å². The highest BCUT2D eigenvalue weighted by Crippen LogP contribution is 2.28. The van der Waals surface area contributed by atoms with Crippen molar-refractivity contribution in [3.05, 3.63) is 35.6 Å². The van der Waals surface area contributed by atoms with Gasteiger partial charge in [-0.05, 0) is 31.5 Å². The summed E-state index contributed by atoms with van der Waals surface area (Å²) >= 11 is 0. The minimum Gasteiger partial charge on any atom is -0.468 e. The summed E-state index contributed by atoms with van der Waals surface area (Å²) in [6.07, 6.45) is 0. The van der Waals surface area contributed by atoms with E-state index in [1.807, 2.05) is 18.7 Å². The van der Waals surface area contributed by atoms with Crippen LogP contribution in [0.2, 0.25) is 0 Å². The average Bonchev–Trinajstić information content (AvgIpc) is 2.40. The van der Waals surface area contributed by atoms with Gasteiger partial charge in [0, 0.05) is 13.1 Å². The Labute approximate surface area is 118 Å². The summed E-state index contributed by atoms with van der Waals surface area (Å²) in [6.45, 7) is 5.78. The number of rotatable bonds is 3. The van der Waals surface area contributed by atoms with Crippen LogP contribution >= 0.6 is 0 Å². The highest BCUT2D eigenvalue weighted by molar-refractivity contribution is 5.77. The molecule has 1 aromatic carbocycles. The maximum atomic E-state index is 13.0. The van der Waals surface area contributed by atoms with Crippen LogP contribution in [0.15, 0.2) is 24.3 Å². The second kappa shape index (κ2) is 5.89. The number of hydrogen-bond donors (Lipinski definition) is 0. The minimum atomic E-state index is -0.524. The smallest absolute Gasteiger partial charge is 0.327 e. The van der Waals surface area contributed by atoms with Crippen molar-refractivity contribution in [1.29, 1.82) is 0 Å². The molecule has 0 saturated carbocycles. The Morgan fingerprint density at radius 2 is 2.05 bits per heavy atom. The van der Waals surface area contributed by atoms with Crippen LogP contribution in [-0.2, 0) is 14.3 Å². The Morgan fingerprint density at radius 3 is 2.60 bits per heavy atom. The zero-order valence-electron chi connectivity index (χ0n) is 12.1. The first kappa shape index (κ1) is 14.9. The van der Waals surface area contributed by atoms with Gasteiger partial charge in [-0.1, -0.05) is 12.1 Å². The fraction of sp³-hybridized carbons (Fsp3) is 0.533. The molecule has 110 valence electrons. The van der Waals surface area contributed by atoms with Crippen LogP contribution in [0.1, 0.15) is 25.5 Å². The molecule has 0 spiro atoms. The fourth-order valence-electron chi connectivity index (χ4n) is 2.53. The van der Waals surface area contributed by atoms with Crippen LogP contribution in [0, 0.1) is 5.82 Å². The van der Waals surface area contributed by atoms with Crippen molar-refractivity contribution in [2.24, 2.45) is 0 Å². The lowest BCUT2D eigenvalue weighted by molar-refractivity contribution is -0.154. The molecule has 1 aliphatic heterocycles. The van der Waals surface area contributed by atoms with Gasteiger partial charge in [-0.25, -0.2) is 9.18 Å². The normalized spacial score (nSPS) is 20.4. The predicted octanol–water partition coefficient (Wildman–Crippen LogP) is 2.15. The molecular formula is C15H20FNO3. The van der Waals surface area contributed by atoms with E-state index in [4.69, 9.17) is 9.47 Å². The Morgan fingerprint density at radius 1 is 1.40 bits per heavy atom. The average molecular weight is 281 g/mol. The van der Waals surface area contributed by atoms with Crippen LogP contribution in [-0.4, -0.2) is 43.3 Å². The van der Waals surface area contributed by atoms with E-state index in [9.17, 15) is 9.18 Å². The van der Waals surface area contributed by atoms with Crippen molar-refractivity contribution in [3.8, 4) is 0 Å². The van der Waals surface area contributed by atoms with Crippen LogP contribution in [0.5, 0.6) is 0 Å². The van der Waals surface area contributed by atoms with E-state index in [-0.39, 0.29) is 17.4 Å². The number of benzene rings is 1. The molecule has 5 heteroatoms. The van der Waals surface area contributed by atoms with Gasteiger partial charge in [0.1, 0.15) is 11.9 Å². The van der Waals surface area contributed by atoms with Crippen molar-refractivity contribution in [2.75, 3.05) is 26.8 Å². The molecule has 1 fully saturated rings.